The highest BCUT2D eigenvalue weighted by molar-refractivity contribution is 7.99. The van der Waals surface area contributed by atoms with Crippen LogP contribution in [0, 0.1) is 0 Å². The second-order valence-electron chi connectivity index (χ2n) is 4.07. The Morgan fingerprint density at radius 3 is 2.73 bits per heavy atom. The van der Waals surface area contributed by atoms with Gasteiger partial charge < -0.3 is 5.73 Å². The maximum atomic E-state index is 5.69. The summed E-state index contributed by atoms with van der Waals surface area (Å²) in [5, 5.41) is 0.424. The number of hydrogen-bond donors (Lipinski definition) is 1. The van der Waals surface area contributed by atoms with Gasteiger partial charge in [0.15, 0.2) is 0 Å². The molecular weight excluding hydrogens is 208 g/mol. The van der Waals surface area contributed by atoms with Crippen molar-refractivity contribution in [3.05, 3.63) is 11.6 Å². The summed E-state index contributed by atoms with van der Waals surface area (Å²) in [6, 6.07) is 0. The summed E-state index contributed by atoms with van der Waals surface area (Å²) >= 11 is 1.92. The van der Waals surface area contributed by atoms with Crippen molar-refractivity contribution in [3.8, 4) is 0 Å². The molecule has 2 heterocycles. The number of anilines is 1. The molecule has 1 aromatic rings. The molecule has 0 bridgehead atoms. The summed E-state index contributed by atoms with van der Waals surface area (Å²) in [5.74, 6) is 3.54. The van der Waals surface area contributed by atoms with Gasteiger partial charge in [0.25, 0.3) is 0 Å². The number of nitrogen functional groups attached to an aromatic ring is 1. The number of thioether (sulfide) groups is 1. The Balaban J connectivity index is 2.30. The molecule has 0 amide bonds. The highest BCUT2D eigenvalue weighted by Crippen LogP contribution is 2.38. The lowest BCUT2D eigenvalue weighted by atomic mass is 10.2. The fraction of sp³-hybridized carbons (Fsp3) is 0.700. The topological polar surface area (TPSA) is 64.7 Å². The van der Waals surface area contributed by atoms with E-state index in [1.807, 2.05) is 11.8 Å². The van der Waals surface area contributed by atoms with Gasteiger partial charge in [-0.2, -0.15) is 21.7 Å². The van der Waals surface area contributed by atoms with Gasteiger partial charge in [0.2, 0.25) is 5.95 Å². The smallest absolute Gasteiger partial charge is 0.223 e. The summed E-state index contributed by atoms with van der Waals surface area (Å²) in [7, 11) is 0. The maximum Gasteiger partial charge on any atom is 0.223 e. The minimum Gasteiger partial charge on any atom is -0.368 e. The van der Waals surface area contributed by atoms with Gasteiger partial charge in [0.05, 0.1) is 5.25 Å². The van der Waals surface area contributed by atoms with Gasteiger partial charge in [-0.15, -0.1) is 0 Å². The Morgan fingerprint density at radius 1 is 1.33 bits per heavy atom. The molecule has 1 atom stereocenters. The van der Waals surface area contributed by atoms with Crippen molar-refractivity contribution in [2.24, 2.45) is 0 Å². The molecule has 1 fully saturated rings. The van der Waals surface area contributed by atoms with E-state index in [0.717, 1.165) is 18.1 Å². The Morgan fingerprint density at radius 2 is 2.13 bits per heavy atom. The van der Waals surface area contributed by atoms with Crippen LogP contribution in [0.2, 0.25) is 0 Å². The van der Waals surface area contributed by atoms with Gasteiger partial charge in [0.1, 0.15) is 11.6 Å². The van der Waals surface area contributed by atoms with Gasteiger partial charge >= 0.3 is 0 Å². The molecule has 1 unspecified atom stereocenters. The highest BCUT2D eigenvalue weighted by atomic mass is 32.2. The van der Waals surface area contributed by atoms with Crippen molar-refractivity contribution >= 4 is 17.7 Å². The lowest BCUT2D eigenvalue weighted by Gasteiger charge is -2.10. The van der Waals surface area contributed by atoms with Crippen molar-refractivity contribution in [1.82, 2.24) is 15.0 Å². The summed E-state index contributed by atoms with van der Waals surface area (Å²) in [4.78, 5) is 12.9. The number of nitrogens with zero attached hydrogens (tertiary/aromatic N) is 3. The van der Waals surface area contributed by atoms with Crippen molar-refractivity contribution in [2.75, 3.05) is 11.5 Å². The summed E-state index contributed by atoms with van der Waals surface area (Å²) in [6.45, 7) is 4.14. The van der Waals surface area contributed by atoms with Gasteiger partial charge in [0, 0.05) is 5.92 Å². The van der Waals surface area contributed by atoms with Crippen LogP contribution >= 0.6 is 11.8 Å². The Hall–Kier alpha value is -0.840. The van der Waals surface area contributed by atoms with E-state index in [1.54, 1.807) is 0 Å². The van der Waals surface area contributed by atoms with E-state index in [0.29, 0.717) is 17.1 Å². The SMILES string of the molecule is CC(C)c1nc(N)nc(C2CCCS2)n1. The molecule has 2 rings (SSSR count). The third kappa shape index (κ3) is 2.40. The van der Waals surface area contributed by atoms with Gasteiger partial charge in [-0.1, -0.05) is 13.8 Å². The Labute approximate surface area is 94.1 Å². The second kappa shape index (κ2) is 4.35. The molecule has 82 valence electrons. The van der Waals surface area contributed by atoms with Crippen LogP contribution in [0.15, 0.2) is 0 Å². The number of hydrogen-bond acceptors (Lipinski definition) is 5. The molecule has 0 aromatic carbocycles. The van der Waals surface area contributed by atoms with Crippen LogP contribution in [0.4, 0.5) is 5.95 Å². The highest BCUT2D eigenvalue weighted by Gasteiger charge is 2.22. The molecule has 0 spiro atoms. The fourth-order valence-electron chi connectivity index (χ4n) is 1.61. The first kappa shape index (κ1) is 10.7. The normalized spacial score (nSPS) is 21.1. The zero-order chi connectivity index (χ0) is 10.8. The Kier molecular flexibility index (Phi) is 3.09. The zero-order valence-electron chi connectivity index (χ0n) is 9.10. The van der Waals surface area contributed by atoms with E-state index >= 15 is 0 Å². The van der Waals surface area contributed by atoms with Crippen LogP contribution in [0.5, 0.6) is 0 Å². The zero-order valence-corrected chi connectivity index (χ0v) is 9.92. The van der Waals surface area contributed by atoms with Crippen molar-refractivity contribution in [1.29, 1.82) is 0 Å². The van der Waals surface area contributed by atoms with Crippen LogP contribution in [0.1, 0.15) is 49.5 Å². The summed E-state index contributed by atoms with van der Waals surface area (Å²) in [6.07, 6.45) is 2.41. The number of nitrogens with two attached hydrogens (primary N) is 1. The molecule has 2 N–H and O–H groups in total. The van der Waals surface area contributed by atoms with Gasteiger partial charge in [-0.25, -0.2) is 4.98 Å². The Bertz CT molecular complexity index is 347. The predicted octanol–water partition coefficient (Wildman–Crippen LogP) is 2.15. The molecule has 1 aromatic heterocycles. The van der Waals surface area contributed by atoms with Crippen LogP contribution in [0.3, 0.4) is 0 Å². The number of rotatable bonds is 2. The van der Waals surface area contributed by atoms with Gasteiger partial charge in [-0.05, 0) is 18.6 Å². The third-order valence-corrected chi connectivity index (χ3v) is 3.79. The first-order chi connectivity index (χ1) is 7.16. The third-order valence-electron chi connectivity index (χ3n) is 2.42. The maximum absolute atomic E-state index is 5.69. The van der Waals surface area contributed by atoms with E-state index in [4.69, 9.17) is 5.73 Å². The molecular formula is C10H16N4S. The van der Waals surface area contributed by atoms with Crippen molar-refractivity contribution in [3.63, 3.8) is 0 Å². The summed E-state index contributed by atoms with van der Waals surface area (Å²) < 4.78 is 0. The first-order valence-corrected chi connectivity index (χ1v) is 6.34. The van der Waals surface area contributed by atoms with Gasteiger partial charge in [-0.3, -0.25) is 0 Å². The molecule has 5 heteroatoms. The average molecular weight is 224 g/mol. The van der Waals surface area contributed by atoms with Crippen LogP contribution in [-0.2, 0) is 0 Å². The van der Waals surface area contributed by atoms with Crippen molar-refractivity contribution in [2.45, 2.75) is 37.9 Å². The molecule has 1 saturated heterocycles. The van der Waals surface area contributed by atoms with E-state index in [1.165, 1.54) is 12.2 Å². The van der Waals surface area contributed by atoms with E-state index in [2.05, 4.69) is 28.8 Å². The lowest BCUT2D eigenvalue weighted by Crippen LogP contribution is -2.09. The summed E-state index contributed by atoms with van der Waals surface area (Å²) in [5.41, 5.74) is 5.69. The average Bonchev–Trinajstić information content (AvgIpc) is 2.69. The minimum absolute atomic E-state index is 0.306. The minimum atomic E-state index is 0.306. The standard InChI is InChI=1S/C10H16N4S/c1-6(2)8-12-9(14-10(11)13-8)7-4-3-5-15-7/h6-7H,3-5H2,1-2H3,(H2,11,12,13,14). The largest absolute Gasteiger partial charge is 0.368 e. The number of aromatic nitrogens is 3. The first-order valence-electron chi connectivity index (χ1n) is 5.29. The molecule has 0 aliphatic carbocycles. The van der Waals surface area contributed by atoms with Crippen LogP contribution in [0.25, 0.3) is 0 Å². The molecule has 1 aliphatic heterocycles. The molecule has 15 heavy (non-hydrogen) atoms. The van der Waals surface area contributed by atoms with E-state index in [9.17, 15) is 0 Å². The molecule has 4 nitrogen and oxygen atoms in total. The van der Waals surface area contributed by atoms with Crippen LogP contribution < -0.4 is 5.73 Å². The fourth-order valence-corrected chi connectivity index (χ4v) is 2.82. The van der Waals surface area contributed by atoms with E-state index < -0.39 is 0 Å². The molecule has 0 radical (unpaired) electrons. The predicted molar refractivity (Wildman–Crippen MR) is 62.8 cm³/mol. The van der Waals surface area contributed by atoms with E-state index in [-0.39, 0.29) is 0 Å². The second-order valence-corrected chi connectivity index (χ2v) is 5.38. The lowest BCUT2D eigenvalue weighted by molar-refractivity contribution is 0.710. The molecule has 0 saturated carbocycles. The van der Waals surface area contributed by atoms with Crippen LogP contribution in [-0.4, -0.2) is 20.7 Å². The quantitative estimate of drug-likeness (QED) is 0.833. The van der Waals surface area contributed by atoms with Crippen molar-refractivity contribution < 1.29 is 0 Å². The monoisotopic (exact) mass is 224 g/mol. The molecule has 1 aliphatic rings.